The molecule has 1 N–H and O–H groups in total. The van der Waals surface area contributed by atoms with Crippen LogP contribution < -0.4 is 5.56 Å². The van der Waals surface area contributed by atoms with Crippen molar-refractivity contribution in [1.29, 1.82) is 0 Å². The first-order chi connectivity index (χ1) is 15.7. The van der Waals surface area contributed by atoms with Gasteiger partial charge in [-0.05, 0) is 54.5 Å². The Bertz CT molecular complexity index is 1360. The summed E-state index contributed by atoms with van der Waals surface area (Å²) in [4.78, 5) is 30.4. The van der Waals surface area contributed by atoms with E-state index in [9.17, 15) is 19.1 Å². The molecule has 2 aliphatic rings. The van der Waals surface area contributed by atoms with Gasteiger partial charge in [-0.15, -0.1) is 0 Å². The molecule has 5 rings (SSSR count). The molecule has 7 heteroatoms. The maximum atomic E-state index is 14.1. The van der Waals surface area contributed by atoms with Gasteiger partial charge in [-0.2, -0.15) is 0 Å². The summed E-state index contributed by atoms with van der Waals surface area (Å²) in [6, 6.07) is 6.41. The van der Waals surface area contributed by atoms with Gasteiger partial charge in [0.25, 0.3) is 5.56 Å². The lowest BCUT2D eigenvalue weighted by atomic mass is 9.85. The number of hydrogen-bond donors (Lipinski definition) is 1. The highest BCUT2D eigenvalue weighted by Crippen LogP contribution is 2.40. The van der Waals surface area contributed by atoms with Gasteiger partial charge < -0.3 is 14.4 Å². The van der Waals surface area contributed by atoms with Crippen molar-refractivity contribution in [3.8, 4) is 11.4 Å². The number of aromatic nitrogens is 2. The number of aryl methyl sites for hydroxylation is 1. The molecule has 0 unspecified atom stereocenters. The van der Waals surface area contributed by atoms with Crippen molar-refractivity contribution in [1.82, 2.24) is 9.55 Å². The fourth-order valence-corrected chi connectivity index (χ4v) is 5.06. The summed E-state index contributed by atoms with van der Waals surface area (Å²) in [5.41, 5.74) is 2.78. The van der Waals surface area contributed by atoms with E-state index >= 15 is 0 Å². The number of esters is 1. The number of halogens is 1. The standard InChI is InChI=1S/C26H27FN2O4/c1-4-26(32)11-23(30)33-13-19-20(26)10-22-24-18(12-29(22)25(19)31)16(7-5-14(2)3)17-8-6-15(27)9-21(17)28-24/h6,8-10,14,32H,4-5,7,11-13H2,1-3H3/t26-/m1/s1. The van der Waals surface area contributed by atoms with E-state index in [1.54, 1.807) is 23.6 Å². The number of hydrogen-bond acceptors (Lipinski definition) is 5. The van der Waals surface area contributed by atoms with Gasteiger partial charge in [0.2, 0.25) is 0 Å². The quantitative estimate of drug-likeness (QED) is 0.472. The Morgan fingerprint density at radius 3 is 2.76 bits per heavy atom. The molecule has 0 saturated heterocycles. The zero-order valence-electron chi connectivity index (χ0n) is 19.1. The van der Waals surface area contributed by atoms with E-state index in [0.717, 1.165) is 29.4 Å². The molecule has 1 aromatic carbocycles. The van der Waals surface area contributed by atoms with Gasteiger partial charge in [0.1, 0.15) is 18.0 Å². The Hall–Kier alpha value is -3.06. The molecular weight excluding hydrogens is 423 g/mol. The van der Waals surface area contributed by atoms with Gasteiger partial charge in [0.05, 0.1) is 35.4 Å². The molecule has 0 bridgehead atoms. The number of carbonyl (C=O) groups is 1. The second kappa shape index (κ2) is 7.76. The fraction of sp³-hybridized carbons (Fsp3) is 0.423. The van der Waals surface area contributed by atoms with Gasteiger partial charge in [0, 0.05) is 17.0 Å². The van der Waals surface area contributed by atoms with Crippen LogP contribution in [0.3, 0.4) is 0 Å². The Labute approximate surface area is 191 Å². The first kappa shape index (κ1) is 21.8. The maximum absolute atomic E-state index is 14.1. The lowest BCUT2D eigenvalue weighted by molar-refractivity contribution is -0.149. The normalized spacial score (nSPS) is 19.3. The second-order valence-electron chi connectivity index (χ2n) is 9.55. The average molecular weight is 451 g/mol. The molecule has 33 heavy (non-hydrogen) atoms. The third kappa shape index (κ3) is 3.46. The van der Waals surface area contributed by atoms with E-state index in [4.69, 9.17) is 9.72 Å². The third-order valence-electron chi connectivity index (χ3n) is 7.00. The molecule has 4 heterocycles. The number of fused-ring (bicyclic) bond motifs is 5. The van der Waals surface area contributed by atoms with E-state index in [-0.39, 0.29) is 30.8 Å². The molecule has 3 aromatic rings. The number of pyridine rings is 2. The van der Waals surface area contributed by atoms with Crippen molar-refractivity contribution in [2.24, 2.45) is 5.92 Å². The molecule has 0 aliphatic carbocycles. The molecule has 0 spiro atoms. The summed E-state index contributed by atoms with van der Waals surface area (Å²) in [6.45, 7) is 6.29. The lowest BCUT2D eigenvalue weighted by Crippen LogP contribution is -2.32. The lowest BCUT2D eigenvalue weighted by Gasteiger charge is -2.26. The molecule has 0 saturated carbocycles. The third-order valence-corrected chi connectivity index (χ3v) is 7.00. The number of aliphatic hydroxyl groups is 1. The number of cyclic esters (lactones) is 1. The van der Waals surface area contributed by atoms with Crippen molar-refractivity contribution >= 4 is 16.9 Å². The largest absolute Gasteiger partial charge is 0.460 e. The van der Waals surface area contributed by atoms with Gasteiger partial charge >= 0.3 is 5.97 Å². The topological polar surface area (TPSA) is 81.4 Å². The zero-order chi connectivity index (χ0) is 23.5. The second-order valence-corrected chi connectivity index (χ2v) is 9.55. The van der Waals surface area contributed by atoms with Crippen molar-refractivity contribution in [3.63, 3.8) is 0 Å². The Morgan fingerprint density at radius 2 is 2.03 bits per heavy atom. The molecule has 1 atom stereocenters. The van der Waals surface area contributed by atoms with Gasteiger partial charge in [-0.1, -0.05) is 20.8 Å². The van der Waals surface area contributed by atoms with Crippen LogP contribution in [-0.2, 0) is 34.7 Å². The van der Waals surface area contributed by atoms with Gasteiger partial charge in [-0.25, -0.2) is 9.37 Å². The summed E-state index contributed by atoms with van der Waals surface area (Å²) in [5.74, 6) is -0.407. The van der Waals surface area contributed by atoms with E-state index in [1.807, 2.05) is 0 Å². The summed E-state index contributed by atoms with van der Waals surface area (Å²) < 4.78 is 21.0. The smallest absolute Gasteiger partial charge is 0.309 e. The van der Waals surface area contributed by atoms with Crippen molar-refractivity contribution in [2.75, 3.05) is 0 Å². The predicted octanol–water partition coefficient (Wildman–Crippen LogP) is 4.20. The number of nitrogens with zero attached hydrogens (tertiary/aromatic N) is 2. The van der Waals surface area contributed by atoms with Crippen LogP contribution in [0.2, 0.25) is 0 Å². The van der Waals surface area contributed by atoms with E-state index in [0.29, 0.717) is 40.5 Å². The van der Waals surface area contributed by atoms with Crippen LogP contribution >= 0.6 is 0 Å². The number of rotatable bonds is 4. The van der Waals surface area contributed by atoms with Crippen LogP contribution in [-0.4, -0.2) is 20.6 Å². The SMILES string of the molecule is CC[C@@]1(O)CC(=O)OCc2c1cc1n(c2=O)Cc2c-1nc1cc(F)ccc1c2CCC(C)C. The van der Waals surface area contributed by atoms with E-state index in [1.165, 1.54) is 12.1 Å². The molecule has 0 amide bonds. The zero-order valence-corrected chi connectivity index (χ0v) is 19.1. The summed E-state index contributed by atoms with van der Waals surface area (Å²) in [6.07, 6.45) is 1.81. The predicted molar refractivity (Wildman–Crippen MR) is 122 cm³/mol. The van der Waals surface area contributed by atoms with Crippen LogP contribution in [0.5, 0.6) is 0 Å². The highest BCUT2D eigenvalue weighted by molar-refractivity contribution is 5.88. The highest BCUT2D eigenvalue weighted by atomic mass is 19.1. The molecule has 2 aliphatic heterocycles. The van der Waals surface area contributed by atoms with Crippen LogP contribution in [0.4, 0.5) is 4.39 Å². The minimum absolute atomic E-state index is 0.160. The van der Waals surface area contributed by atoms with E-state index in [2.05, 4.69) is 13.8 Å². The summed E-state index contributed by atoms with van der Waals surface area (Å²) in [5, 5.41) is 12.2. The van der Waals surface area contributed by atoms with Crippen molar-refractivity contribution < 1.29 is 19.0 Å². The van der Waals surface area contributed by atoms with Gasteiger partial charge in [0.15, 0.2) is 0 Å². The summed E-state index contributed by atoms with van der Waals surface area (Å²) in [7, 11) is 0. The Morgan fingerprint density at radius 1 is 1.24 bits per heavy atom. The van der Waals surface area contributed by atoms with E-state index < -0.39 is 11.6 Å². The number of carbonyl (C=O) groups excluding carboxylic acids is 1. The van der Waals surface area contributed by atoms with Gasteiger partial charge in [-0.3, -0.25) is 9.59 Å². The molecule has 0 radical (unpaired) electrons. The molecule has 6 nitrogen and oxygen atoms in total. The van der Waals surface area contributed by atoms with Crippen LogP contribution in [0.1, 0.15) is 62.3 Å². The Balaban J connectivity index is 1.77. The minimum atomic E-state index is -1.48. The van der Waals surface area contributed by atoms with Crippen LogP contribution in [0, 0.1) is 11.7 Å². The molecular formula is C26H27FN2O4. The Kier molecular flexibility index (Phi) is 5.12. The van der Waals surface area contributed by atoms with Crippen LogP contribution in [0.25, 0.3) is 22.3 Å². The minimum Gasteiger partial charge on any atom is -0.460 e. The first-order valence-electron chi connectivity index (χ1n) is 11.5. The monoisotopic (exact) mass is 450 g/mol. The maximum Gasteiger partial charge on any atom is 0.309 e. The number of ether oxygens (including phenoxy) is 1. The van der Waals surface area contributed by atoms with Crippen molar-refractivity contribution in [3.05, 3.63) is 62.7 Å². The number of benzene rings is 1. The summed E-state index contributed by atoms with van der Waals surface area (Å²) >= 11 is 0. The molecule has 0 fully saturated rings. The first-order valence-corrected chi connectivity index (χ1v) is 11.5. The molecule has 172 valence electrons. The fourth-order valence-electron chi connectivity index (χ4n) is 5.06. The average Bonchev–Trinajstić information content (AvgIpc) is 3.07. The molecule has 2 aromatic heterocycles. The van der Waals surface area contributed by atoms with Crippen molar-refractivity contribution in [2.45, 2.75) is 65.2 Å². The van der Waals surface area contributed by atoms with Crippen LogP contribution in [0.15, 0.2) is 29.1 Å². The highest BCUT2D eigenvalue weighted by Gasteiger charge is 2.39.